The summed E-state index contributed by atoms with van der Waals surface area (Å²) in [5.41, 5.74) is 3.77. The van der Waals surface area contributed by atoms with Crippen molar-refractivity contribution < 1.29 is 4.79 Å². The lowest BCUT2D eigenvalue weighted by Gasteiger charge is -2.05. The second-order valence-corrected chi connectivity index (χ2v) is 7.02. The van der Waals surface area contributed by atoms with Crippen LogP contribution in [0, 0.1) is 0 Å². The number of hydrogen-bond donors (Lipinski definition) is 1. The van der Waals surface area contributed by atoms with Crippen LogP contribution in [-0.2, 0) is 17.9 Å². The molecule has 7 heteroatoms. The average molecular weight is 377 g/mol. The van der Waals surface area contributed by atoms with E-state index in [1.165, 1.54) is 11.8 Å². The van der Waals surface area contributed by atoms with Gasteiger partial charge in [-0.05, 0) is 18.6 Å². The number of benzene rings is 2. The standard InChI is InChI=1S/C20H19N5OS/c1-2-25-16-11-7-6-10-15(16)18-19(25)22-20(24-23-18)27-13-17(26)21-12-14-8-4-3-5-9-14/h3-11H,2,12-13H2,1H3,(H,21,26). The SMILES string of the molecule is CCn1c2ccccc2c2nnc(SCC(=O)NCc3ccccc3)nc21. The molecule has 2 heterocycles. The van der Waals surface area contributed by atoms with Gasteiger partial charge in [0, 0.05) is 18.5 Å². The molecule has 0 spiro atoms. The molecule has 0 aliphatic heterocycles. The molecule has 2 aromatic heterocycles. The molecule has 0 unspecified atom stereocenters. The van der Waals surface area contributed by atoms with Crippen LogP contribution in [0.1, 0.15) is 12.5 Å². The van der Waals surface area contributed by atoms with Gasteiger partial charge in [-0.15, -0.1) is 10.2 Å². The molecule has 0 aliphatic carbocycles. The summed E-state index contributed by atoms with van der Waals surface area (Å²) in [6.07, 6.45) is 0. The Bertz CT molecular complexity index is 1090. The molecular weight excluding hydrogens is 358 g/mol. The molecule has 6 nitrogen and oxygen atoms in total. The molecule has 4 aromatic rings. The zero-order valence-corrected chi connectivity index (χ0v) is 15.7. The molecule has 0 aliphatic rings. The topological polar surface area (TPSA) is 72.7 Å². The van der Waals surface area contributed by atoms with Crippen LogP contribution in [0.25, 0.3) is 22.1 Å². The van der Waals surface area contributed by atoms with Crippen LogP contribution in [-0.4, -0.2) is 31.4 Å². The van der Waals surface area contributed by atoms with Crippen molar-refractivity contribution in [2.75, 3.05) is 5.75 Å². The number of carbonyl (C=O) groups is 1. The highest BCUT2D eigenvalue weighted by atomic mass is 32.2. The minimum Gasteiger partial charge on any atom is -0.351 e. The van der Waals surface area contributed by atoms with Crippen molar-refractivity contribution in [2.24, 2.45) is 0 Å². The molecule has 0 radical (unpaired) electrons. The maximum atomic E-state index is 12.1. The van der Waals surface area contributed by atoms with Crippen LogP contribution >= 0.6 is 11.8 Å². The molecule has 27 heavy (non-hydrogen) atoms. The highest BCUT2D eigenvalue weighted by molar-refractivity contribution is 7.99. The van der Waals surface area contributed by atoms with Crippen molar-refractivity contribution in [1.82, 2.24) is 25.1 Å². The van der Waals surface area contributed by atoms with Crippen molar-refractivity contribution in [3.8, 4) is 0 Å². The van der Waals surface area contributed by atoms with Crippen molar-refractivity contribution in [1.29, 1.82) is 0 Å². The lowest BCUT2D eigenvalue weighted by molar-refractivity contribution is -0.118. The predicted molar refractivity (Wildman–Crippen MR) is 108 cm³/mol. The number of rotatable bonds is 6. The molecule has 0 saturated carbocycles. The fourth-order valence-electron chi connectivity index (χ4n) is 3.05. The summed E-state index contributed by atoms with van der Waals surface area (Å²) in [6.45, 7) is 3.39. The third kappa shape index (κ3) is 3.64. The van der Waals surface area contributed by atoms with E-state index in [4.69, 9.17) is 0 Å². The van der Waals surface area contributed by atoms with Gasteiger partial charge in [-0.2, -0.15) is 0 Å². The first kappa shape index (κ1) is 17.5. The van der Waals surface area contributed by atoms with E-state index in [9.17, 15) is 4.79 Å². The molecule has 0 atom stereocenters. The summed E-state index contributed by atoms with van der Waals surface area (Å²) >= 11 is 1.30. The van der Waals surface area contributed by atoms with Gasteiger partial charge >= 0.3 is 0 Å². The first-order valence-corrected chi connectivity index (χ1v) is 9.80. The minimum atomic E-state index is -0.0522. The second-order valence-electron chi connectivity index (χ2n) is 6.08. The van der Waals surface area contributed by atoms with Gasteiger partial charge in [-0.25, -0.2) is 4.98 Å². The van der Waals surface area contributed by atoms with Gasteiger partial charge in [-0.3, -0.25) is 4.79 Å². The van der Waals surface area contributed by atoms with Gasteiger partial charge in [0.2, 0.25) is 11.1 Å². The van der Waals surface area contributed by atoms with E-state index < -0.39 is 0 Å². The van der Waals surface area contributed by atoms with E-state index in [2.05, 4.69) is 38.1 Å². The number of fused-ring (bicyclic) bond motifs is 3. The highest BCUT2D eigenvalue weighted by Crippen LogP contribution is 2.26. The summed E-state index contributed by atoms with van der Waals surface area (Å²) in [6, 6.07) is 17.9. The highest BCUT2D eigenvalue weighted by Gasteiger charge is 2.14. The number of thioether (sulfide) groups is 1. The number of hydrogen-bond acceptors (Lipinski definition) is 5. The fourth-order valence-corrected chi connectivity index (χ4v) is 3.66. The first-order chi connectivity index (χ1) is 13.3. The van der Waals surface area contributed by atoms with Crippen LogP contribution in [0.2, 0.25) is 0 Å². The fraction of sp³-hybridized carbons (Fsp3) is 0.200. The van der Waals surface area contributed by atoms with Crippen LogP contribution in [0.15, 0.2) is 59.8 Å². The van der Waals surface area contributed by atoms with Gasteiger partial charge < -0.3 is 9.88 Å². The van der Waals surface area contributed by atoms with E-state index in [0.717, 1.165) is 34.2 Å². The van der Waals surface area contributed by atoms with Crippen molar-refractivity contribution >= 4 is 39.7 Å². The van der Waals surface area contributed by atoms with Crippen LogP contribution in [0.4, 0.5) is 0 Å². The zero-order valence-electron chi connectivity index (χ0n) is 14.9. The Morgan fingerprint density at radius 1 is 1.07 bits per heavy atom. The van der Waals surface area contributed by atoms with Crippen molar-refractivity contribution in [2.45, 2.75) is 25.2 Å². The maximum absolute atomic E-state index is 12.1. The van der Waals surface area contributed by atoms with Crippen molar-refractivity contribution in [3.05, 3.63) is 60.2 Å². The Morgan fingerprint density at radius 2 is 1.85 bits per heavy atom. The summed E-state index contributed by atoms with van der Waals surface area (Å²) in [5, 5.41) is 13.0. The van der Waals surface area contributed by atoms with Gasteiger partial charge in [0.15, 0.2) is 5.65 Å². The number of nitrogens with one attached hydrogen (secondary N) is 1. The number of carbonyl (C=O) groups excluding carboxylic acids is 1. The molecule has 136 valence electrons. The smallest absolute Gasteiger partial charge is 0.230 e. The van der Waals surface area contributed by atoms with Crippen LogP contribution in [0.5, 0.6) is 0 Å². The van der Waals surface area contributed by atoms with Gasteiger partial charge in [-0.1, -0.05) is 60.3 Å². The van der Waals surface area contributed by atoms with Gasteiger partial charge in [0.25, 0.3) is 0 Å². The van der Waals surface area contributed by atoms with E-state index in [0.29, 0.717) is 11.7 Å². The molecule has 1 amide bonds. The van der Waals surface area contributed by atoms with Gasteiger partial charge in [0.1, 0.15) is 5.52 Å². The van der Waals surface area contributed by atoms with E-state index in [1.807, 2.05) is 48.5 Å². The van der Waals surface area contributed by atoms with Crippen LogP contribution < -0.4 is 5.32 Å². The number of nitrogens with zero attached hydrogens (tertiary/aromatic N) is 4. The lowest BCUT2D eigenvalue weighted by Crippen LogP contribution is -2.24. The minimum absolute atomic E-state index is 0.0522. The molecule has 1 N–H and O–H groups in total. The molecule has 0 bridgehead atoms. The number of para-hydroxylation sites is 1. The summed E-state index contributed by atoms with van der Waals surface area (Å²) in [4.78, 5) is 16.7. The maximum Gasteiger partial charge on any atom is 0.230 e. The van der Waals surface area contributed by atoms with E-state index in [-0.39, 0.29) is 11.7 Å². The van der Waals surface area contributed by atoms with Gasteiger partial charge in [0.05, 0.1) is 11.3 Å². The van der Waals surface area contributed by atoms with E-state index >= 15 is 0 Å². The summed E-state index contributed by atoms with van der Waals surface area (Å²) in [7, 11) is 0. The summed E-state index contributed by atoms with van der Waals surface area (Å²) in [5.74, 6) is 0.204. The quantitative estimate of drug-likeness (QED) is 0.521. The Morgan fingerprint density at radius 3 is 2.67 bits per heavy atom. The lowest BCUT2D eigenvalue weighted by atomic mass is 10.2. The third-order valence-electron chi connectivity index (χ3n) is 4.34. The Balaban J connectivity index is 1.48. The first-order valence-electron chi connectivity index (χ1n) is 8.81. The Kier molecular flexibility index (Phi) is 5.02. The number of aryl methyl sites for hydroxylation is 1. The summed E-state index contributed by atoms with van der Waals surface area (Å²) < 4.78 is 2.12. The largest absolute Gasteiger partial charge is 0.351 e. The normalized spacial score (nSPS) is 11.1. The number of aromatic nitrogens is 4. The second kappa shape index (κ2) is 7.75. The Hall–Kier alpha value is -2.93. The molecule has 0 saturated heterocycles. The predicted octanol–water partition coefficient (Wildman–Crippen LogP) is 3.41. The molecule has 4 rings (SSSR count). The number of amides is 1. The monoisotopic (exact) mass is 377 g/mol. The molecule has 0 fully saturated rings. The average Bonchev–Trinajstić information content (AvgIpc) is 3.04. The van der Waals surface area contributed by atoms with E-state index in [1.54, 1.807) is 0 Å². The Labute approximate surface area is 161 Å². The van der Waals surface area contributed by atoms with Crippen molar-refractivity contribution in [3.63, 3.8) is 0 Å². The molecule has 2 aromatic carbocycles. The zero-order chi connectivity index (χ0) is 18.6. The molecular formula is C20H19N5OS. The third-order valence-corrected chi connectivity index (χ3v) is 5.17. The van der Waals surface area contributed by atoms with Crippen LogP contribution in [0.3, 0.4) is 0 Å².